The molecule has 0 aliphatic carbocycles. The summed E-state index contributed by atoms with van der Waals surface area (Å²) in [7, 11) is 0. The third-order valence-corrected chi connectivity index (χ3v) is 3.96. The molecule has 1 aromatic rings. The van der Waals surface area contributed by atoms with Crippen LogP contribution in [0.15, 0.2) is 6.20 Å². The summed E-state index contributed by atoms with van der Waals surface area (Å²) >= 11 is 1.36. The van der Waals surface area contributed by atoms with Crippen molar-refractivity contribution in [3.8, 4) is 0 Å². The maximum Gasteiger partial charge on any atom is 0.263 e. The van der Waals surface area contributed by atoms with Crippen molar-refractivity contribution in [3.63, 3.8) is 0 Å². The van der Waals surface area contributed by atoms with Crippen LogP contribution in [0.5, 0.6) is 0 Å². The monoisotopic (exact) mass is 283 g/mol. The Hall–Kier alpha value is -1.43. The number of thiazole rings is 1. The molecule has 0 aromatic carbocycles. The number of hydrogen-bond donors (Lipinski definition) is 2. The number of aromatic nitrogens is 1. The van der Waals surface area contributed by atoms with Gasteiger partial charge in [-0.25, -0.2) is 4.98 Å². The molecular formula is C13H21N3O2S. The van der Waals surface area contributed by atoms with Crippen molar-refractivity contribution in [2.75, 3.05) is 0 Å². The molecule has 0 radical (unpaired) electrons. The van der Waals surface area contributed by atoms with Crippen molar-refractivity contribution < 1.29 is 9.59 Å². The lowest BCUT2D eigenvalue weighted by atomic mass is 10.2. The molecule has 1 aromatic heterocycles. The van der Waals surface area contributed by atoms with E-state index < -0.39 is 6.04 Å². The number of amides is 2. The lowest BCUT2D eigenvalue weighted by Crippen LogP contribution is -2.47. The summed E-state index contributed by atoms with van der Waals surface area (Å²) in [5, 5.41) is 6.44. The minimum Gasteiger partial charge on any atom is -0.352 e. The molecule has 1 heterocycles. The van der Waals surface area contributed by atoms with Gasteiger partial charge in [0.2, 0.25) is 5.91 Å². The molecule has 6 heteroatoms. The van der Waals surface area contributed by atoms with Gasteiger partial charge >= 0.3 is 0 Å². The van der Waals surface area contributed by atoms with Crippen LogP contribution in [0.4, 0.5) is 0 Å². The zero-order valence-electron chi connectivity index (χ0n) is 11.8. The van der Waals surface area contributed by atoms with Crippen molar-refractivity contribution in [2.24, 2.45) is 0 Å². The van der Waals surface area contributed by atoms with Crippen LogP contribution in [0, 0.1) is 0 Å². The molecule has 0 bridgehead atoms. The minimum atomic E-state index is -0.548. The number of carbonyl (C=O) groups excluding carboxylic acids is 2. The van der Waals surface area contributed by atoms with Crippen LogP contribution < -0.4 is 10.6 Å². The Balaban J connectivity index is 2.53. The zero-order valence-corrected chi connectivity index (χ0v) is 12.6. The number of nitrogens with one attached hydrogen (secondary N) is 2. The van der Waals surface area contributed by atoms with E-state index in [2.05, 4.69) is 15.6 Å². The summed E-state index contributed by atoms with van der Waals surface area (Å²) in [4.78, 5) is 28.4. The second-order valence-electron chi connectivity index (χ2n) is 4.48. The summed E-state index contributed by atoms with van der Waals surface area (Å²) < 4.78 is 0. The molecule has 2 amide bonds. The van der Waals surface area contributed by atoms with E-state index in [9.17, 15) is 9.59 Å². The second-order valence-corrected chi connectivity index (χ2v) is 5.60. The number of nitrogens with zero attached hydrogens (tertiary/aromatic N) is 1. The highest BCUT2D eigenvalue weighted by atomic mass is 32.1. The molecule has 106 valence electrons. The van der Waals surface area contributed by atoms with Gasteiger partial charge in [-0.15, -0.1) is 11.3 Å². The van der Waals surface area contributed by atoms with E-state index in [1.54, 1.807) is 13.1 Å². The van der Waals surface area contributed by atoms with Gasteiger partial charge in [-0.3, -0.25) is 9.59 Å². The van der Waals surface area contributed by atoms with Gasteiger partial charge in [-0.2, -0.15) is 0 Å². The number of rotatable bonds is 6. The van der Waals surface area contributed by atoms with Gasteiger partial charge in [0, 0.05) is 6.04 Å². The first-order chi connectivity index (χ1) is 8.97. The standard InChI is InChI=1S/C13H21N3O2S/c1-5-8(3)15-12(17)9(4)16-13(18)10-7-14-11(6-2)19-10/h7-9H,5-6H2,1-4H3,(H,15,17)(H,16,18). The topological polar surface area (TPSA) is 71.1 Å². The van der Waals surface area contributed by atoms with E-state index in [1.165, 1.54) is 11.3 Å². The van der Waals surface area contributed by atoms with Crippen LogP contribution in [0.1, 0.15) is 48.8 Å². The normalized spacial score (nSPS) is 13.7. The van der Waals surface area contributed by atoms with E-state index in [-0.39, 0.29) is 17.9 Å². The van der Waals surface area contributed by atoms with Crippen molar-refractivity contribution in [2.45, 2.75) is 52.6 Å². The van der Waals surface area contributed by atoms with Gasteiger partial charge in [0.25, 0.3) is 5.91 Å². The summed E-state index contributed by atoms with van der Waals surface area (Å²) in [6, 6.07) is -0.435. The minimum absolute atomic E-state index is 0.113. The van der Waals surface area contributed by atoms with Gasteiger partial charge in [0.1, 0.15) is 10.9 Å². The van der Waals surface area contributed by atoms with Crippen molar-refractivity contribution >= 4 is 23.2 Å². The van der Waals surface area contributed by atoms with Crippen molar-refractivity contribution in [3.05, 3.63) is 16.1 Å². The quantitative estimate of drug-likeness (QED) is 0.835. The van der Waals surface area contributed by atoms with Crippen molar-refractivity contribution in [1.29, 1.82) is 0 Å². The van der Waals surface area contributed by atoms with E-state index in [0.29, 0.717) is 4.88 Å². The van der Waals surface area contributed by atoms with E-state index in [4.69, 9.17) is 0 Å². The van der Waals surface area contributed by atoms with Crippen LogP contribution in [0.2, 0.25) is 0 Å². The molecule has 2 atom stereocenters. The highest BCUT2D eigenvalue weighted by Gasteiger charge is 2.18. The van der Waals surface area contributed by atoms with Crippen LogP contribution in [0.25, 0.3) is 0 Å². The van der Waals surface area contributed by atoms with Gasteiger partial charge in [0.05, 0.1) is 11.2 Å². The van der Waals surface area contributed by atoms with E-state index in [0.717, 1.165) is 17.8 Å². The van der Waals surface area contributed by atoms with Gasteiger partial charge in [0.15, 0.2) is 0 Å². The average Bonchev–Trinajstić information content (AvgIpc) is 2.87. The fraction of sp³-hybridized carbons (Fsp3) is 0.615. The molecule has 2 N–H and O–H groups in total. The highest BCUT2D eigenvalue weighted by Crippen LogP contribution is 2.13. The smallest absolute Gasteiger partial charge is 0.263 e. The van der Waals surface area contributed by atoms with Gasteiger partial charge < -0.3 is 10.6 Å². The Labute approximate surface area is 117 Å². The maximum atomic E-state index is 11.9. The first kappa shape index (κ1) is 15.6. The van der Waals surface area contributed by atoms with Crippen LogP contribution in [0.3, 0.4) is 0 Å². The number of aryl methyl sites for hydroxylation is 1. The fourth-order valence-electron chi connectivity index (χ4n) is 1.38. The molecule has 0 fully saturated rings. The molecular weight excluding hydrogens is 262 g/mol. The van der Waals surface area contributed by atoms with E-state index >= 15 is 0 Å². The first-order valence-corrected chi connectivity index (χ1v) is 7.35. The SMILES string of the molecule is CCc1ncc(C(=O)NC(C)C(=O)NC(C)CC)s1. The molecule has 5 nitrogen and oxygen atoms in total. The van der Waals surface area contributed by atoms with Crippen molar-refractivity contribution in [1.82, 2.24) is 15.6 Å². The molecule has 2 unspecified atom stereocenters. The van der Waals surface area contributed by atoms with Crippen LogP contribution in [-0.4, -0.2) is 28.9 Å². The lowest BCUT2D eigenvalue weighted by molar-refractivity contribution is -0.123. The summed E-state index contributed by atoms with van der Waals surface area (Å²) in [5.41, 5.74) is 0. The second kappa shape index (κ2) is 7.23. The lowest BCUT2D eigenvalue weighted by Gasteiger charge is -2.16. The predicted octanol–water partition coefficient (Wildman–Crippen LogP) is 1.74. The third kappa shape index (κ3) is 4.63. The fourth-order valence-corrected chi connectivity index (χ4v) is 2.14. The predicted molar refractivity (Wildman–Crippen MR) is 76.3 cm³/mol. The van der Waals surface area contributed by atoms with Gasteiger partial charge in [-0.05, 0) is 26.7 Å². The Morgan fingerprint density at radius 3 is 2.53 bits per heavy atom. The Bertz CT molecular complexity index is 445. The van der Waals surface area contributed by atoms with Crippen LogP contribution in [-0.2, 0) is 11.2 Å². The molecule has 0 aliphatic rings. The van der Waals surface area contributed by atoms with Gasteiger partial charge in [-0.1, -0.05) is 13.8 Å². The Morgan fingerprint density at radius 2 is 2.00 bits per heavy atom. The molecule has 1 rings (SSSR count). The molecule has 0 aliphatic heterocycles. The average molecular weight is 283 g/mol. The molecule has 0 saturated heterocycles. The number of carbonyl (C=O) groups is 2. The zero-order chi connectivity index (χ0) is 14.4. The third-order valence-electron chi connectivity index (χ3n) is 2.82. The largest absolute Gasteiger partial charge is 0.352 e. The molecule has 0 saturated carbocycles. The molecule has 19 heavy (non-hydrogen) atoms. The number of hydrogen-bond acceptors (Lipinski definition) is 4. The summed E-state index contributed by atoms with van der Waals surface area (Å²) in [6.45, 7) is 7.60. The summed E-state index contributed by atoms with van der Waals surface area (Å²) in [6.07, 6.45) is 3.22. The molecule has 0 spiro atoms. The van der Waals surface area contributed by atoms with E-state index in [1.807, 2.05) is 20.8 Å². The Kier molecular flexibility index (Phi) is 5.95. The Morgan fingerprint density at radius 1 is 1.32 bits per heavy atom. The van der Waals surface area contributed by atoms with Crippen LogP contribution >= 0.6 is 11.3 Å². The summed E-state index contributed by atoms with van der Waals surface area (Å²) in [5.74, 6) is -0.410. The first-order valence-electron chi connectivity index (χ1n) is 6.53. The highest BCUT2D eigenvalue weighted by molar-refractivity contribution is 7.13. The maximum absolute atomic E-state index is 11.9.